The fraction of sp³-hybridized carbons (Fsp3) is 0.286. The van der Waals surface area contributed by atoms with Crippen molar-refractivity contribution in [3.05, 3.63) is 147 Å². The molecule has 0 radical (unpaired) electrons. The maximum atomic E-state index is 11.7. The molecule has 3 aromatic heterocycles. The molecule has 0 saturated heterocycles. The fourth-order valence-corrected chi connectivity index (χ4v) is 4.73. The zero-order chi connectivity index (χ0) is 36.7. The van der Waals surface area contributed by atoms with Crippen LogP contribution in [0.5, 0.6) is 0 Å². The molecule has 0 N–H and O–H groups in total. The van der Waals surface area contributed by atoms with Gasteiger partial charge in [-0.2, -0.15) is 13.7 Å². The predicted octanol–water partition coefficient (Wildman–Crippen LogP) is 6.20. The molecule has 280 valence electrons. The number of carbonyl (C=O) groups excluding carboxylic acids is 6. The lowest BCUT2D eigenvalue weighted by atomic mass is 10.1. The van der Waals surface area contributed by atoms with Crippen LogP contribution in [0.1, 0.15) is 117 Å². The molecule has 10 heteroatoms. The molecule has 4 rings (SSSR count). The van der Waals surface area contributed by atoms with Crippen molar-refractivity contribution in [1.29, 1.82) is 0 Å². The van der Waals surface area contributed by atoms with Crippen LogP contribution in [0.3, 0.4) is 0 Å². The Hall–Kier alpha value is -5.35. The Kier molecular flexibility index (Phi) is 22.5. The predicted molar refractivity (Wildman–Crippen MR) is 202 cm³/mol. The highest BCUT2D eigenvalue weighted by Crippen LogP contribution is 2.06. The van der Waals surface area contributed by atoms with E-state index < -0.39 is 0 Å². The largest absolute Gasteiger partial charge is 0.378 e. The molecule has 10 nitrogen and oxygen atoms in total. The van der Waals surface area contributed by atoms with Crippen molar-refractivity contribution in [2.45, 2.75) is 68.1 Å². The lowest BCUT2D eigenvalue weighted by Gasteiger charge is -2.03. The highest BCUT2D eigenvalue weighted by molar-refractivity contribution is 5.99. The van der Waals surface area contributed by atoms with Crippen LogP contribution in [0, 0.1) is 22.3 Å². The Morgan fingerprint density at radius 3 is 1.25 bits per heavy atom. The van der Waals surface area contributed by atoms with Gasteiger partial charge in [0.2, 0.25) is 34.4 Å². The number of aromatic nitrogens is 3. The molecular formula is C42H55N3O7. The summed E-state index contributed by atoms with van der Waals surface area (Å²) in [6.07, 6.45) is 5.31. The van der Waals surface area contributed by atoms with Gasteiger partial charge in [-0.15, -0.1) is 0 Å². The molecule has 1 aromatic carbocycles. The van der Waals surface area contributed by atoms with E-state index in [0.717, 1.165) is 12.1 Å². The number of ether oxygens (including phenoxy) is 1. The average Bonchev–Trinajstić information content (AvgIpc) is 3.07. The van der Waals surface area contributed by atoms with Crippen LogP contribution < -0.4 is 13.7 Å². The minimum Gasteiger partial charge on any atom is -0.378 e. The first-order valence-electron chi connectivity index (χ1n) is 15.9. The van der Waals surface area contributed by atoms with Crippen molar-refractivity contribution in [3.63, 3.8) is 0 Å². The molecule has 0 bridgehead atoms. The zero-order valence-corrected chi connectivity index (χ0v) is 32.6. The van der Waals surface area contributed by atoms with Gasteiger partial charge in [0.15, 0.2) is 49.0 Å². The van der Waals surface area contributed by atoms with Gasteiger partial charge in [0.1, 0.15) is 13.2 Å². The molecule has 0 spiro atoms. The minimum absolute atomic E-state index is 0. The summed E-state index contributed by atoms with van der Waals surface area (Å²) in [5.74, 6) is -0.209. The second kappa shape index (κ2) is 23.9. The third-order valence-corrected chi connectivity index (χ3v) is 7.48. The molecule has 0 amide bonds. The fourth-order valence-electron chi connectivity index (χ4n) is 4.73. The molecular weight excluding hydrogens is 658 g/mol. The molecule has 0 saturated carbocycles. The van der Waals surface area contributed by atoms with Crippen molar-refractivity contribution < 1.29 is 47.2 Å². The number of ketones is 6. The summed E-state index contributed by atoms with van der Waals surface area (Å²) in [5, 5.41) is 0. The van der Waals surface area contributed by atoms with Gasteiger partial charge in [0.05, 0.1) is 0 Å². The van der Waals surface area contributed by atoms with E-state index in [2.05, 4.69) is 0 Å². The van der Waals surface area contributed by atoms with E-state index in [1.807, 2.05) is 46.4 Å². The molecule has 0 aliphatic heterocycles. The smallest absolute Gasteiger partial charge is 0.249 e. The molecule has 52 heavy (non-hydrogen) atoms. The lowest BCUT2D eigenvalue weighted by Crippen LogP contribution is -2.41. The number of carbonyl (C=O) groups is 6. The average molecular weight is 714 g/mol. The first-order chi connectivity index (χ1) is 23.2. The topological polar surface area (TPSA) is 123 Å². The van der Waals surface area contributed by atoms with Gasteiger partial charge in [-0.05, 0) is 27.7 Å². The Bertz CT molecular complexity index is 1830. The van der Waals surface area contributed by atoms with E-state index in [0.29, 0.717) is 53.5 Å². The monoisotopic (exact) mass is 713 g/mol. The van der Waals surface area contributed by atoms with E-state index >= 15 is 0 Å². The summed E-state index contributed by atoms with van der Waals surface area (Å²) in [6.45, 7) is 13.4. The second-order valence-corrected chi connectivity index (χ2v) is 11.3. The van der Waals surface area contributed by atoms with Crippen molar-refractivity contribution in [2.75, 3.05) is 13.7 Å². The Morgan fingerprint density at radius 1 is 0.519 bits per heavy atom. The number of rotatable bonds is 12. The summed E-state index contributed by atoms with van der Waals surface area (Å²) in [5.41, 5.74) is 4.49. The Morgan fingerprint density at radius 2 is 0.885 bits per heavy atom. The van der Waals surface area contributed by atoms with E-state index in [4.69, 9.17) is 4.74 Å². The van der Waals surface area contributed by atoms with Gasteiger partial charge in [-0.25, -0.2) is 0 Å². The minimum atomic E-state index is -0.0563. The van der Waals surface area contributed by atoms with Crippen molar-refractivity contribution in [2.24, 2.45) is 0 Å². The normalized spacial score (nSPS) is 9.54. The quantitative estimate of drug-likeness (QED) is 0.0973. The van der Waals surface area contributed by atoms with E-state index in [-0.39, 0.29) is 57.0 Å². The molecule has 0 unspecified atom stereocenters. The van der Waals surface area contributed by atoms with Gasteiger partial charge in [-0.1, -0.05) is 30.3 Å². The number of nitrogens with zero attached hydrogens (tertiary/aromatic N) is 3. The summed E-state index contributed by atoms with van der Waals surface area (Å²) < 4.78 is 10.4. The highest BCUT2D eigenvalue weighted by Gasteiger charge is 2.19. The van der Waals surface area contributed by atoms with Gasteiger partial charge in [0, 0.05) is 86.5 Å². The molecule has 3 heterocycles. The summed E-state index contributed by atoms with van der Waals surface area (Å²) in [7, 11) is 1.61. The molecule has 0 aliphatic rings. The van der Waals surface area contributed by atoms with Gasteiger partial charge >= 0.3 is 0 Å². The lowest BCUT2D eigenvalue weighted by molar-refractivity contribution is -0.700. The number of hydrogen-bond donors (Lipinski definition) is 0. The summed E-state index contributed by atoms with van der Waals surface area (Å²) in [4.78, 5) is 68.1. The number of benzene rings is 1. The number of pyridine rings is 3. The molecule has 4 aromatic rings. The van der Waals surface area contributed by atoms with Gasteiger partial charge in [-0.3, -0.25) is 28.8 Å². The third kappa shape index (κ3) is 14.9. The number of Topliss-reactive ketones (excluding diaryl/α,β-unsaturated/α-hetero) is 6. The zero-order valence-electron chi connectivity index (χ0n) is 32.6. The molecule has 0 fully saturated rings. The Labute approximate surface area is 310 Å². The maximum absolute atomic E-state index is 11.7. The van der Waals surface area contributed by atoms with E-state index in [1.54, 1.807) is 66.7 Å². The SMILES string of the molecule is CC(=O)c1cc[n+](Cc2ccccc2)c(C(C)=O)c1.CC[n+]1ccc(C(C)=O)cc1C(C)=O.COCC[n+]1ccc(C(C)=O)cc1C(C)=O.[CH3-].[CH3-].[CH3-]. The molecule has 0 atom stereocenters. The maximum Gasteiger partial charge on any atom is 0.249 e. The summed E-state index contributed by atoms with van der Waals surface area (Å²) in [6, 6.07) is 20.0. The number of methoxy groups -OCH3 is 1. The first-order valence-corrected chi connectivity index (χ1v) is 15.9. The van der Waals surface area contributed by atoms with Crippen LogP contribution in [0.4, 0.5) is 0 Å². The van der Waals surface area contributed by atoms with Crippen molar-refractivity contribution >= 4 is 34.7 Å². The van der Waals surface area contributed by atoms with Crippen LogP contribution in [0.2, 0.25) is 0 Å². The molecule has 0 aliphatic carbocycles. The van der Waals surface area contributed by atoms with Crippen LogP contribution in [0.25, 0.3) is 0 Å². The highest BCUT2D eigenvalue weighted by atomic mass is 16.5. The van der Waals surface area contributed by atoms with Crippen LogP contribution in [-0.2, 0) is 24.4 Å². The van der Waals surface area contributed by atoms with Crippen LogP contribution in [0.15, 0.2) is 85.3 Å². The van der Waals surface area contributed by atoms with Crippen molar-refractivity contribution in [1.82, 2.24) is 0 Å². The van der Waals surface area contributed by atoms with Gasteiger partial charge in [0.25, 0.3) is 0 Å². The first kappa shape index (κ1) is 48.8. The summed E-state index contributed by atoms with van der Waals surface area (Å²) >= 11 is 0. The van der Waals surface area contributed by atoms with Crippen LogP contribution >= 0.6 is 0 Å². The van der Waals surface area contributed by atoms with Crippen molar-refractivity contribution in [3.8, 4) is 0 Å². The number of aryl methyl sites for hydroxylation is 1. The van der Waals surface area contributed by atoms with Crippen LogP contribution in [-0.4, -0.2) is 48.4 Å². The van der Waals surface area contributed by atoms with E-state index in [1.165, 1.54) is 41.5 Å². The number of hydrogen-bond acceptors (Lipinski definition) is 7. The standard InChI is InChI=1S/C16H16NO2.C12H16NO3.C11H14NO2.3CH3/c1-12(18)15-8-9-17(16(10-15)13(2)19)11-14-6-4-3-5-7-14;1-9(14)11-4-5-13(6-7-16-3)12(8-11)10(2)15;1-4-12-6-5-10(8(2)13)7-11(12)9(3)14;;;/h3-10H,11H2,1-2H3;4-5,8H,6-7H2,1-3H3;5-7H,4H2,1-3H3;3*1H3/q3*+1;3*-1. The third-order valence-electron chi connectivity index (χ3n) is 7.48. The second-order valence-electron chi connectivity index (χ2n) is 11.3. The van der Waals surface area contributed by atoms with E-state index in [9.17, 15) is 28.8 Å². The Balaban J connectivity index is 0. The van der Waals surface area contributed by atoms with Gasteiger partial charge < -0.3 is 27.0 Å².